The number of hydrogen-bond acceptors (Lipinski definition) is 5. The van der Waals surface area contributed by atoms with Gasteiger partial charge in [0.2, 0.25) is 5.91 Å². The van der Waals surface area contributed by atoms with Crippen LogP contribution in [0.4, 0.5) is 0 Å². The third kappa shape index (κ3) is 8.95. The van der Waals surface area contributed by atoms with Gasteiger partial charge in [0.05, 0.1) is 17.1 Å². The minimum atomic E-state index is -2.88. The number of amides is 1. The van der Waals surface area contributed by atoms with E-state index in [0.717, 1.165) is 32.5 Å². The number of allylic oxidation sites excluding steroid dienone is 3. The summed E-state index contributed by atoms with van der Waals surface area (Å²) >= 11 is 0. The number of nitrogens with zero attached hydrogens (tertiary/aromatic N) is 2. The van der Waals surface area contributed by atoms with Gasteiger partial charge in [-0.1, -0.05) is 93.0 Å². The predicted molar refractivity (Wildman–Crippen MR) is 243 cm³/mol. The Hall–Kier alpha value is -2.45. The van der Waals surface area contributed by atoms with Gasteiger partial charge in [-0.2, -0.15) is 0 Å². The lowest BCUT2D eigenvalue weighted by Gasteiger charge is -2.72. The Morgan fingerprint density at radius 3 is 2.07 bits per heavy atom. The molecule has 7 unspecified atom stereocenters. The largest absolute Gasteiger partial charge is 0.478 e. The van der Waals surface area contributed by atoms with Gasteiger partial charge in [-0.05, 0) is 152 Å². The number of sulfone groups is 1. The maximum absolute atomic E-state index is 13.1. The lowest BCUT2D eigenvalue weighted by atomic mass is 9.32. The molecule has 7 nitrogen and oxygen atoms in total. The van der Waals surface area contributed by atoms with Crippen LogP contribution >= 0.6 is 0 Å². The number of rotatable bonds is 8. The highest BCUT2D eigenvalue weighted by atomic mass is 32.2. The van der Waals surface area contributed by atoms with E-state index in [9.17, 15) is 23.1 Å². The Labute approximate surface area is 354 Å². The van der Waals surface area contributed by atoms with Gasteiger partial charge in [-0.15, -0.1) is 6.58 Å². The predicted octanol–water partition coefficient (Wildman–Crippen LogP) is 11.4. The zero-order chi connectivity index (χ0) is 43.3. The van der Waals surface area contributed by atoms with E-state index in [4.69, 9.17) is 0 Å². The molecule has 58 heavy (non-hydrogen) atoms. The van der Waals surface area contributed by atoms with Crippen molar-refractivity contribution in [1.29, 1.82) is 0 Å². The second kappa shape index (κ2) is 19.1. The number of carbonyl (C=O) groups is 2. The summed E-state index contributed by atoms with van der Waals surface area (Å²) in [4.78, 5) is 29.1. The highest BCUT2D eigenvalue weighted by Crippen LogP contribution is 2.77. The second-order valence-electron chi connectivity index (χ2n) is 19.7. The molecule has 0 bridgehead atoms. The van der Waals surface area contributed by atoms with Crippen LogP contribution in [0.3, 0.4) is 0 Å². The van der Waals surface area contributed by atoms with Crippen LogP contribution in [0.2, 0.25) is 0 Å². The average Bonchev–Trinajstić information content (AvgIpc) is 3.61. The number of hydrogen-bond donors (Lipinski definition) is 1. The van der Waals surface area contributed by atoms with Crippen molar-refractivity contribution in [2.45, 2.75) is 147 Å². The molecule has 8 heteroatoms. The Balaban J connectivity index is 0.00000100. The molecule has 1 saturated heterocycles. The molecule has 1 aromatic rings. The summed E-state index contributed by atoms with van der Waals surface area (Å²) in [5.74, 6) is 2.46. The topological polar surface area (TPSA) is 95.0 Å². The van der Waals surface area contributed by atoms with E-state index in [1.165, 1.54) is 68.9 Å². The lowest BCUT2D eigenvalue weighted by Crippen LogP contribution is -2.65. The summed E-state index contributed by atoms with van der Waals surface area (Å²) in [7, 11) is -2.88. The molecule has 5 fully saturated rings. The van der Waals surface area contributed by atoms with E-state index >= 15 is 0 Å². The molecular weight excluding hydrogens is 741 g/mol. The van der Waals surface area contributed by atoms with Crippen molar-refractivity contribution in [2.24, 2.45) is 50.7 Å². The van der Waals surface area contributed by atoms with Crippen LogP contribution in [0.15, 0.2) is 43.0 Å². The molecule has 0 aromatic heterocycles. The molecule has 1 aromatic carbocycles. The van der Waals surface area contributed by atoms with Gasteiger partial charge < -0.3 is 14.9 Å². The summed E-state index contributed by atoms with van der Waals surface area (Å²) in [5.41, 5.74) is 3.93. The standard InChI is InChI=1S/C43H64N2O5S.C3H6.2C2H6/c1-30(46)45(24-8-23-44-25-27-51(49,50)28-26-44)29-43-18-7-9-35(43)34-14-15-37-40(4)19-16-33(31-10-12-32(13-11-31)38(47)48)39(2,3)36(40)17-20-42(37,6)41(34,5)21-22-43;1-3-2;2*1-2/h10-13,16,34-37H,7-9,14-15,17-29H2,1-6H3,(H,47,48);3H,1H2,2H3;2*1-2H3/t34?,35?,36?,37?,40?,41-,42?,43?;;;/m1.../s1. The van der Waals surface area contributed by atoms with Crippen LogP contribution < -0.4 is 0 Å². The van der Waals surface area contributed by atoms with Crippen LogP contribution in [0.25, 0.3) is 5.57 Å². The van der Waals surface area contributed by atoms with E-state index in [0.29, 0.717) is 47.7 Å². The van der Waals surface area contributed by atoms with Crippen LogP contribution in [0, 0.1) is 50.7 Å². The maximum Gasteiger partial charge on any atom is 0.335 e. The van der Waals surface area contributed by atoms with Crippen molar-refractivity contribution >= 4 is 27.3 Å². The van der Waals surface area contributed by atoms with Gasteiger partial charge >= 0.3 is 5.97 Å². The molecule has 0 spiro atoms. The smallest absolute Gasteiger partial charge is 0.335 e. The average molecular weight is 823 g/mol. The first-order valence-corrected chi connectivity index (χ1v) is 25.0. The van der Waals surface area contributed by atoms with Crippen molar-refractivity contribution in [3.05, 3.63) is 54.1 Å². The third-order valence-electron chi connectivity index (χ3n) is 16.9. The second-order valence-corrected chi connectivity index (χ2v) is 22.0. The monoisotopic (exact) mass is 823 g/mol. The summed E-state index contributed by atoms with van der Waals surface area (Å²) in [6, 6.07) is 7.56. The first-order valence-electron chi connectivity index (χ1n) is 23.2. The van der Waals surface area contributed by atoms with E-state index in [-0.39, 0.29) is 39.1 Å². The summed E-state index contributed by atoms with van der Waals surface area (Å²) < 4.78 is 23.8. The summed E-state index contributed by atoms with van der Waals surface area (Å²) in [6.45, 7) is 31.7. The Kier molecular flexibility index (Phi) is 15.9. The Bertz CT molecular complexity index is 1700. The fourth-order valence-electron chi connectivity index (χ4n) is 14.1. The molecule has 8 atom stereocenters. The molecule has 0 radical (unpaired) electrons. The Morgan fingerprint density at radius 1 is 0.862 bits per heavy atom. The molecule has 1 aliphatic heterocycles. The normalized spacial score (nSPS) is 35.5. The van der Waals surface area contributed by atoms with E-state index in [1.54, 1.807) is 25.1 Å². The van der Waals surface area contributed by atoms with Crippen molar-refractivity contribution < 1.29 is 23.1 Å². The number of benzene rings is 1. The van der Waals surface area contributed by atoms with Crippen molar-refractivity contribution in [3.8, 4) is 0 Å². The first kappa shape index (κ1) is 48.2. The van der Waals surface area contributed by atoms with Gasteiger partial charge in [-0.3, -0.25) is 4.79 Å². The first-order chi connectivity index (χ1) is 27.4. The van der Waals surface area contributed by atoms with Crippen LogP contribution in [-0.2, 0) is 14.6 Å². The molecule has 7 rings (SSSR count). The molecule has 1 N–H and O–H groups in total. The number of aromatic carboxylic acids is 1. The van der Waals surface area contributed by atoms with Gasteiger partial charge in [-0.25, -0.2) is 13.2 Å². The highest BCUT2D eigenvalue weighted by Gasteiger charge is 2.69. The van der Waals surface area contributed by atoms with E-state index < -0.39 is 15.8 Å². The third-order valence-corrected chi connectivity index (χ3v) is 18.5. The maximum atomic E-state index is 13.1. The summed E-state index contributed by atoms with van der Waals surface area (Å²) in [6.07, 6.45) is 17.7. The zero-order valence-electron chi connectivity index (χ0n) is 38.6. The van der Waals surface area contributed by atoms with Crippen LogP contribution in [0.1, 0.15) is 163 Å². The molecule has 328 valence electrons. The minimum Gasteiger partial charge on any atom is -0.478 e. The van der Waals surface area contributed by atoms with Gasteiger partial charge in [0.1, 0.15) is 0 Å². The molecule has 1 amide bonds. The number of carboxylic acid groups (broad SMARTS) is 1. The number of carboxylic acids is 1. The minimum absolute atomic E-state index is 0.00580. The van der Waals surface area contributed by atoms with Crippen molar-refractivity contribution in [2.75, 3.05) is 44.2 Å². The zero-order valence-corrected chi connectivity index (χ0v) is 39.4. The van der Waals surface area contributed by atoms with Crippen molar-refractivity contribution in [3.63, 3.8) is 0 Å². The van der Waals surface area contributed by atoms with E-state index in [2.05, 4.69) is 57.1 Å². The lowest BCUT2D eigenvalue weighted by molar-refractivity contribution is -0.224. The molecule has 5 aliphatic carbocycles. The van der Waals surface area contributed by atoms with Crippen molar-refractivity contribution in [1.82, 2.24) is 9.80 Å². The fraction of sp³-hybridized carbons (Fsp3) is 0.760. The fourth-order valence-corrected chi connectivity index (χ4v) is 15.3. The van der Waals surface area contributed by atoms with Crippen LogP contribution in [-0.4, -0.2) is 79.4 Å². The number of carbonyl (C=O) groups excluding carboxylic acids is 1. The van der Waals surface area contributed by atoms with Gasteiger partial charge in [0, 0.05) is 33.1 Å². The quantitative estimate of drug-likeness (QED) is 0.262. The molecule has 4 saturated carbocycles. The molecular formula is C50H82N2O5S. The summed E-state index contributed by atoms with van der Waals surface area (Å²) in [5, 5.41) is 9.48. The highest BCUT2D eigenvalue weighted by molar-refractivity contribution is 7.91. The Morgan fingerprint density at radius 2 is 1.48 bits per heavy atom. The van der Waals surface area contributed by atoms with Gasteiger partial charge in [0.15, 0.2) is 9.84 Å². The van der Waals surface area contributed by atoms with E-state index in [1.807, 2.05) is 46.8 Å². The van der Waals surface area contributed by atoms with Crippen LogP contribution in [0.5, 0.6) is 0 Å². The molecule has 6 aliphatic rings. The van der Waals surface area contributed by atoms with Gasteiger partial charge in [0.25, 0.3) is 0 Å². The number of fused-ring (bicyclic) bond motifs is 7. The molecule has 1 heterocycles. The SMILES string of the molecule is C=CC.CC.CC.CC(=O)N(CCCN1CCS(=O)(=O)CC1)CC12CCCC1C1CCC3C4(C)CC=C(c5ccc(C(=O)O)cc5)C(C)(C)C4CCC3(C)[C@]1(C)CC2.